The van der Waals surface area contributed by atoms with Crippen LogP contribution in [0.3, 0.4) is 0 Å². The fourth-order valence-corrected chi connectivity index (χ4v) is 6.83. The lowest BCUT2D eigenvalue weighted by molar-refractivity contribution is -0.140. The molecule has 0 aromatic heterocycles. The highest BCUT2D eigenvalue weighted by Crippen LogP contribution is 2.27. The van der Waals surface area contributed by atoms with Gasteiger partial charge in [-0.2, -0.15) is 0 Å². The van der Waals surface area contributed by atoms with Crippen molar-refractivity contribution in [3.05, 3.63) is 130 Å². The zero-order chi connectivity index (χ0) is 32.6. The second kappa shape index (κ2) is 15.4. The van der Waals surface area contributed by atoms with E-state index in [1.807, 2.05) is 88.4 Å². The molecule has 0 bridgehead atoms. The van der Waals surface area contributed by atoms with Crippen molar-refractivity contribution in [1.82, 2.24) is 10.2 Å². The fraction of sp³-hybridized carbons (Fsp3) is 0.278. The van der Waals surface area contributed by atoms with Gasteiger partial charge < -0.3 is 10.2 Å². The number of carbonyl (C=O) groups excluding carboxylic acids is 2. The fourth-order valence-electron chi connectivity index (χ4n) is 4.96. The van der Waals surface area contributed by atoms with E-state index in [2.05, 4.69) is 21.2 Å². The van der Waals surface area contributed by atoms with Gasteiger partial charge in [0, 0.05) is 23.5 Å². The summed E-state index contributed by atoms with van der Waals surface area (Å²) < 4.78 is 30.3. The molecule has 0 unspecified atom stereocenters. The molecule has 0 aliphatic rings. The number of amides is 2. The van der Waals surface area contributed by atoms with E-state index in [-0.39, 0.29) is 29.8 Å². The molecule has 7 nitrogen and oxygen atoms in total. The van der Waals surface area contributed by atoms with E-state index in [9.17, 15) is 18.0 Å². The Morgan fingerprint density at radius 1 is 0.822 bits per heavy atom. The van der Waals surface area contributed by atoms with Gasteiger partial charge in [0.1, 0.15) is 12.6 Å². The third kappa shape index (κ3) is 8.83. The van der Waals surface area contributed by atoms with Crippen LogP contribution in [-0.4, -0.2) is 43.8 Å². The van der Waals surface area contributed by atoms with E-state index in [0.29, 0.717) is 5.69 Å². The first-order valence-corrected chi connectivity index (χ1v) is 17.3. The number of nitrogens with one attached hydrogen (secondary N) is 1. The van der Waals surface area contributed by atoms with Crippen LogP contribution >= 0.6 is 15.9 Å². The number of carbonyl (C=O) groups is 2. The van der Waals surface area contributed by atoms with E-state index in [1.54, 1.807) is 30.3 Å². The summed E-state index contributed by atoms with van der Waals surface area (Å²) in [5.74, 6) is -0.784. The van der Waals surface area contributed by atoms with Gasteiger partial charge in [-0.15, -0.1) is 0 Å². The van der Waals surface area contributed by atoms with Crippen molar-refractivity contribution >= 4 is 43.5 Å². The van der Waals surface area contributed by atoms with Crippen molar-refractivity contribution in [2.75, 3.05) is 10.8 Å². The van der Waals surface area contributed by atoms with Gasteiger partial charge in [0.2, 0.25) is 11.8 Å². The second-order valence-corrected chi connectivity index (χ2v) is 14.0. The molecule has 0 heterocycles. The van der Waals surface area contributed by atoms with Crippen molar-refractivity contribution in [3.63, 3.8) is 0 Å². The SMILES string of the molecule is CC[C@H](C)NC(=O)[C@@H](Cc1ccccc1)N(Cc1cccc(Br)c1)C(=O)CN(c1ccc(C)c(C)c1)S(=O)(=O)c1ccccc1. The van der Waals surface area contributed by atoms with E-state index in [0.717, 1.165) is 37.5 Å². The third-order valence-corrected chi connectivity index (χ3v) is 10.2. The smallest absolute Gasteiger partial charge is 0.264 e. The van der Waals surface area contributed by atoms with E-state index < -0.39 is 28.5 Å². The Balaban J connectivity index is 1.82. The molecule has 0 radical (unpaired) electrons. The zero-order valence-electron chi connectivity index (χ0n) is 26.1. The summed E-state index contributed by atoms with van der Waals surface area (Å²) >= 11 is 3.52. The summed E-state index contributed by atoms with van der Waals surface area (Å²) in [6.07, 6.45) is 0.983. The molecular weight excluding hydrogens is 650 g/mol. The summed E-state index contributed by atoms with van der Waals surface area (Å²) in [4.78, 5) is 30.1. The van der Waals surface area contributed by atoms with Crippen LogP contribution in [0.4, 0.5) is 5.69 Å². The molecule has 9 heteroatoms. The Labute approximate surface area is 275 Å². The average Bonchev–Trinajstić information content (AvgIpc) is 3.03. The number of nitrogens with zero attached hydrogens (tertiary/aromatic N) is 2. The molecule has 4 rings (SSSR count). The quantitative estimate of drug-likeness (QED) is 0.167. The minimum absolute atomic E-state index is 0.0740. The Hall–Kier alpha value is -3.95. The summed E-state index contributed by atoms with van der Waals surface area (Å²) in [6, 6.07) is 29.5. The Morgan fingerprint density at radius 2 is 1.47 bits per heavy atom. The van der Waals surface area contributed by atoms with Gasteiger partial charge in [-0.3, -0.25) is 13.9 Å². The average molecular weight is 691 g/mol. The van der Waals surface area contributed by atoms with Crippen molar-refractivity contribution in [3.8, 4) is 0 Å². The first kappa shape index (κ1) is 33.9. The lowest BCUT2D eigenvalue weighted by atomic mass is 10.0. The molecule has 0 aliphatic heterocycles. The molecule has 2 amide bonds. The molecule has 236 valence electrons. The summed E-state index contributed by atoms with van der Waals surface area (Å²) in [6.45, 7) is 7.38. The van der Waals surface area contributed by atoms with Crippen LogP contribution in [0.15, 0.2) is 112 Å². The molecule has 0 spiro atoms. The molecule has 4 aromatic rings. The third-order valence-electron chi connectivity index (χ3n) is 7.90. The zero-order valence-corrected chi connectivity index (χ0v) is 28.5. The van der Waals surface area contributed by atoms with Crippen LogP contribution in [0.1, 0.15) is 42.5 Å². The molecule has 45 heavy (non-hydrogen) atoms. The summed E-state index contributed by atoms with van der Waals surface area (Å²) in [7, 11) is -4.14. The van der Waals surface area contributed by atoms with E-state index in [1.165, 1.54) is 17.0 Å². The number of anilines is 1. The largest absolute Gasteiger partial charge is 0.352 e. The second-order valence-electron chi connectivity index (χ2n) is 11.3. The molecular formula is C36H40BrN3O4S. The predicted octanol–water partition coefficient (Wildman–Crippen LogP) is 6.82. The van der Waals surface area contributed by atoms with Crippen LogP contribution in [0, 0.1) is 13.8 Å². The van der Waals surface area contributed by atoms with Crippen LogP contribution < -0.4 is 9.62 Å². The van der Waals surface area contributed by atoms with Crippen LogP contribution in [0.5, 0.6) is 0 Å². The number of halogens is 1. The van der Waals surface area contributed by atoms with Crippen molar-refractivity contribution in [2.45, 2.75) is 64.1 Å². The molecule has 2 atom stereocenters. The summed E-state index contributed by atoms with van der Waals surface area (Å²) in [5.41, 5.74) is 3.96. The first-order chi connectivity index (χ1) is 21.5. The van der Waals surface area contributed by atoms with E-state index >= 15 is 0 Å². The number of rotatable bonds is 13. The molecule has 1 N–H and O–H groups in total. The minimum Gasteiger partial charge on any atom is -0.352 e. The topological polar surface area (TPSA) is 86.8 Å². The van der Waals surface area contributed by atoms with Crippen molar-refractivity contribution in [1.29, 1.82) is 0 Å². The molecule has 0 saturated heterocycles. The Kier molecular flexibility index (Phi) is 11.6. The van der Waals surface area contributed by atoms with Gasteiger partial charge in [0.05, 0.1) is 10.6 Å². The highest BCUT2D eigenvalue weighted by Gasteiger charge is 2.35. The lowest BCUT2D eigenvalue weighted by Gasteiger charge is -2.34. The standard InChI is InChI=1S/C36H40BrN3O4S/c1-5-28(4)38-36(42)34(23-29-13-8-6-9-14-29)39(24-30-15-12-16-31(37)22-30)35(41)25-40(32-20-19-26(2)27(3)21-32)45(43,44)33-17-10-7-11-18-33/h6-22,28,34H,5,23-25H2,1-4H3,(H,38,42)/t28-,34+/m0/s1. The Bertz CT molecular complexity index is 1720. The monoisotopic (exact) mass is 689 g/mol. The number of benzene rings is 4. The highest BCUT2D eigenvalue weighted by atomic mass is 79.9. The van der Waals surface area contributed by atoms with Gasteiger partial charge in [-0.05, 0) is 85.8 Å². The van der Waals surface area contributed by atoms with Crippen LogP contribution in [0.2, 0.25) is 0 Å². The Morgan fingerprint density at radius 3 is 2.09 bits per heavy atom. The minimum atomic E-state index is -4.14. The number of aryl methyl sites for hydroxylation is 2. The summed E-state index contributed by atoms with van der Waals surface area (Å²) in [5, 5.41) is 3.06. The maximum Gasteiger partial charge on any atom is 0.264 e. The van der Waals surface area contributed by atoms with Gasteiger partial charge in [0.15, 0.2) is 0 Å². The highest BCUT2D eigenvalue weighted by molar-refractivity contribution is 9.10. The van der Waals surface area contributed by atoms with Crippen molar-refractivity contribution in [2.24, 2.45) is 0 Å². The van der Waals surface area contributed by atoms with Crippen LogP contribution in [0.25, 0.3) is 0 Å². The number of sulfonamides is 1. The van der Waals surface area contributed by atoms with Gasteiger partial charge >= 0.3 is 0 Å². The maximum absolute atomic E-state index is 14.6. The normalized spacial score (nSPS) is 12.6. The lowest BCUT2D eigenvalue weighted by Crippen LogP contribution is -2.54. The van der Waals surface area contributed by atoms with Gasteiger partial charge in [-0.1, -0.05) is 89.6 Å². The number of hydrogen-bond donors (Lipinski definition) is 1. The molecule has 0 fully saturated rings. The molecule has 0 aliphatic carbocycles. The van der Waals surface area contributed by atoms with Crippen molar-refractivity contribution < 1.29 is 18.0 Å². The van der Waals surface area contributed by atoms with Crippen LogP contribution in [-0.2, 0) is 32.6 Å². The predicted molar refractivity (Wildman–Crippen MR) is 183 cm³/mol. The molecule has 4 aromatic carbocycles. The molecule has 0 saturated carbocycles. The maximum atomic E-state index is 14.6. The van der Waals surface area contributed by atoms with E-state index in [4.69, 9.17) is 0 Å². The van der Waals surface area contributed by atoms with Gasteiger partial charge in [-0.25, -0.2) is 8.42 Å². The first-order valence-electron chi connectivity index (χ1n) is 15.0. The number of hydrogen-bond acceptors (Lipinski definition) is 4. The van der Waals surface area contributed by atoms with Gasteiger partial charge in [0.25, 0.3) is 10.0 Å².